The van der Waals surface area contributed by atoms with Crippen LogP contribution in [0.15, 0.2) is 39.0 Å². The van der Waals surface area contributed by atoms with Crippen LogP contribution in [0.4, 0.5) is 0 Å². The first kappa shape index (κ1) is 11.2. The van der Waals surface area contributed by atoms with E-state index in [0.717, 1.165) is 27.5 Å². The molecule has 6 heteroatoms. The summed E-state index contributed by atoms with van der Waals surface area (Å²) in [4.78, 5) is 7.41. The van der Waals surface area contributed by atoms with Crippen molar-refractivity contribution in [2.45, 2.75) is 12.5 Å². The van der Waals surface area contributed by atoms with Crippen molar-refractivity contribution in [1.82, 2.24) is 10.2 Å². The van der Waals surface area contributed by atoms with Gasteiger partial charge >= 0.3 is 0 Å². The Morgan fingerprint density at radius 3 is 3.35 bits per heavy atom. The monoisotopic (exact) mass is 269 g/mol. The van der Waals surface area contributed by atoms with Gasteiger partial charge in [-0.15, -0.1) is 11.8 Å². The third-order valence-corrected chi connectivity index (χ3v) is 4.14. The normalized spacial score (nSPS) is 27.6. The highest BCUT2D eigenvalue weighted by Crippen LogP contribution is 2.31. The lowest BCUT2D eigenvalue weighted by Gasteiger charge is -2.26. The number of aliphatic hydroxyl groups excluding tert-OH is 1. The maximum atomic E-state index is 9.97. The van der Waals surface area contributed by atoms with Crippen molar-refractivity contribution in [2.75, 3.05) is 12.4 Å². The Labute approximate surface area is 109 Å². The maximum Gasteiger partial charge on any atom is 0.204 e. The lowest BCUT2D eigenvalue weighted by atomic mass is 10.1. The van der Waals surface area contributed by atoms with Gasteiger partial charge in [-0.2, -0.15) is 0 Å². The first-order valence-corrected chi connectivity index (χ1v) is 6.76. The number of allylic oxidation sites excluding steroid dienone is 1. The lowest BCUT2D eigenvalue weighted by molar-refractivity contribution is 0.207. The molecule has 0 spiro atoms. The Kier molecular flexibility index (Phi) is 2.90. The highest BCUT2D eigenvalue weighted by Gasteiger charge is 2.27. The molecule has 0 aromatic carbocycles. The van der Waals surface area contributed by atoms with Gasteiger partial charge in [-0.3, -0.25) is 0 Å². The quantitative estimate of drug-likeness (QED) is 0.701. The van der Waals surface area contributed by atoms with Gasteiger partial charge in [-0.1, -0.05) is 23.8 Å². The maximum absolute atomic E-state index is 9.97. The fourth-order valence-electron chi connectivity index (χ4n) is 1.94. The lowest BCUT2D eigenvalue weighted by Crippen LogP contribution is -2.43. The van der Waals surface area contributed by atoms with Gasteiger partial charge in [0, 0.05) is 11.1 Å². The number of nitrogens with one attached hydrogen (secondary N) is 1. The molecule has 0 amide bonds. The summed E-state index contributed by atoms with van der Waals surface area (Å²) in [5.74, 6) is 1.55. The highest BCUT2D eigenvalue weighted by atomic mass is 35.5. The van der Waals surface area contributed by atoms with E-state index in [2.05, 4.69) is 15.2 Å². The van der Waals surface area contributed by atoms with Crippen LogP contribution < -0.4 is 5.32 Å². The molecule has 0 bridgehead atoms. The van der Waals surface area contributed by atoms with Crippen molar-refractivity contribution in [3.8, 4) is 0 Å². The van der Waals surface area contributed by atoms with E-state index in [1.807, 2.05) is 12.2 Å². The minimum atomic E-state index is -0.466. The van der Waals surface area contributed by atoms with E-state index >= 15 is 0 Å². The fourth-order valence-corrected chi connectivity index (χ4v) is 3.18. The van der Waals surface area contributed by atoms with Crippen LogP contribution in [0.5, 0.6) is 0 Å². The van der Waals surface area contributed by atoms with Crippen LogP contribution in [0.25, 0.3) is 0 Å². The van der Waals surface area contributed by atoms with E-state index in [-0.39, 0.29) is 0 Å². The highest BCUT2D eigenvalue weighted by molar-refractivity contribution is 8.03. The molecule has 0 radical (unpaired) electrons. The van der Waals surface area contributed by atoms with Gasteiger partial charge in [0.05, 0.1) is 29.3 Å². The predicted molar refractivity (Wildman–Crippen MR) is 70.5 cm³/mol. The third kappa shape index (κ3) is 2.10. The van der Waals surface area contributed by atoms with E-state index in [1.54, 1.807) is 18.0 Å². The van der Waals surface area contributed by atoms with Crippen LogP contribution in [-0.2, 0) is 0 Å². The number of nitrogens with zero attached hydrogens (tertiary/aromatic N) is 2. The van der Waals surface area contributed by atoms with Crippen molar-refractivity contribution in [3.05, 3.63) is 34.0 Å². The summed E-state index contributed by atoms with van der Waals surface area (Å²) in [6.45, 7) is 0.667. The third-order valence-electron chi connectivity index (χ3n) is 2.82. The number of thioether (sulfide) groups is 1. The van der Waals surface area contributed by atoms with Crippen molar-refractivity contribution < 1.29 is 5.11 Å². The van der Waals surface area contributed by atoms with Crippen molar-refractivity contribution in [2.24, 2.45) is 4.99 Å². The molecule has 3 rings (SSSR count). The summed E-state index contributed by atoms with van der Waals surface area (Å²) < 4.78 is 0. The van der Waals surface area contributed by atoms with Gasteiger partial charge in [0.25, 0.3) is 0 Å². The molecule has 0 aromatic heterocycles. The Balaban J connectivity index is 1.93. The summed E-state index contributed by atoms with van der Waals surface area (Å²) in [5, 5.41) is 13.9. The zero-order chi connectivity index (χ0) is 11.8. The molecule has 4 nitrogen and oxygen atoms in total. The topological polar surface area (TPSA) is 47.9 Å². The molecule has 2 aliphatic heterocycles. The number of halogens is 1. The second kappa shape index (κ2) is 4.40. The van der Waals surface area contributed by atoms with E-state index in [1.165, 1.54) is 0 Å². The fraction of sp³-hybridized carbons (Fsp3) is 0.364. The number of aliphatic imine (C=N–C) groups is 1. The summed E-state index contributed by atoms with van der Waals surface area (Å²) in [6, 6.07) is 0. The Bertz CT molecular complexity index is 469. The van der Waals surface area contributed by atoms with Crippen molar-refractivity contribution in [1.29, 1.82) is 0 Å². The van der Waals surface area contributed by atoms with Gasteiger partial charge in [0.1, 0.15) is 0 Å². The zero-order valence-corrected chi connectivity index (χ0v) is 10.6. The first-order valence-electron chi connectivity index (χ1n) is 5.40. The Morgan fingerprint density at radius 1 is 1.59 bits per heavy atom. The smallest absolute Gasteiger partial charge is 0.204 e. The number of fused-ring (bicyclic) bond motifs is 1. The average Bonchev–Trinajstić information content (AvgIpc) is 2.49. The molecular weight excluding hydrogens is 258 g/mol. The van der Waals surface area contributed by atoms with Crippen molar-refractivity contribution >= 4 is 29.3 Å². The van der Waals surface area contributed by atoms with Gasteiger partial charge in [-0.25, -0.2) is 4.99 Å². The summed E-state index contributed by atoms with van der Waals surface area (Å²) in [5.41, 5.74) is 0.852. The molecule has 0 fully saturated rings. The summed E-state index contributed by atoms with van der Waals surface area (Å²) in [7, 11) is 0. The number of aliphatic hydroxyl groups is 1. The molecule has 2 heterocycles. The second-order valence-corrected chi connectivity index (χ2v) is 5.53. The van der Waals surface area contributed by atoms with Crippen LogP contribution in [0.1, 0.15) is 6.42 Å². The molecule has 90 valence electrons. The Morgan fingerprint density at radius 2 is 2.47 bits per heavy atom. The van der Waals surface area contributed by atoms with Gasteiger partial charge in [-0.05, 0) is 6.42 Å². The molecule has 0 aromatic rings. The average molecular weight is 270 g/mol. The first-order chi connectivity index (χ1) is 8.24. The van der Waals surface area contributed by atoms with Crippen LogP contribution >= 0.6 is 23.4 Å². The Hall–Kier alpha value is -0.910. The predicted octanol–water partition coefficient (Wildman–Crippen LogP) is 1.56. The van der Waals surface area contributed by atoms with E-state index < -0.39 is 6.10 Å². The van der Waals surface area contributed by atoms with Crippen LogP contribution in [-0.4, -0.2) is 34.5 Å². The molecular formula is C11H12ClN3OS. The molecule has 3 aliphatic rings. The van der Waals surface area contributed by atoms with Crippen LogP contribution in [0.3, 0.4) is 0 Å². The molecule has 0 unspecified atom stereocenters. The minimum absolute atomic E-state index is 0.466. The van der Waals surface area contributed by atoms with E-state index in [4.69, 9.17) is 11.6 Å². The molecule has 0 saturated heterocycles. The summed E-state index contributed by atoms with van der Waals surface area (Å²) >= 11 is 7.66. The summed E-state index contributed by atoms with van der Waals surface area (Å²) in [6.07, 6.45) is 5.88. The SMILES string of the molecule is O[C@@H]1CC=CC2=C1NC1=NC=C(Cl)CN1CS2. The van der Waals surface area contributed by atoms with E-state index in [0.29, 0.717) is 13.0 Å². The number of rotatable bonds is 0. The molecule has 0 saturated carbocycles. The van der Waals surface area contributed by atoms with Gasteiger partial charge < -0.3 is 15.3 Å². The van der Waals surface area contributed by atoms with Crippen LogP contribution in [0, 0.1) is 0 Å². The number of guanidine groups is 1. The largest absolute Gasteiger partial charge is 0.387 e. The molecule has 17 heavy (non-hydrogen) atoms. The number of hydrogen-bond donors (Lipinski definition) is 2. The van der Waals surface area contributed by atoms with E-state index in [9.17, 15) is 5.11 Å². The zero-order valence-electron chi connectivity index (χ0n) is 9.06. The second-order valence-electron chi connectivity index (χ2n) is 4.06. The molecule has 2 N–H and O–H groups in total. The molecule has 1 aliphatic carbocycles. The van der Waals surface area contributed by atoms with Gasteiger partial charge in [0.15, 0.2) is 0 Å². The van der Waals surface area contributed by atoms with Crippen LogP contribution in [0.2, 0.25) is 0 Å². The standard InChI is InChI=1S/C11H12ClN3OS/c12-7-4-13-11-14-10-8(16)2-1-3-9(10)17-6-15(11)5-7/h1,3-4,8,16H,2,5-6H2,(H,13,14)/t8-/m1/s1. The number of hydrogen-bond acceptors (Lipinski definition) is 5. The van der Waals surface area contributed by atoms with Gasteiger partial charge in [0.2, 0.25) is 5.96 Å². The van der Waals surface area contributed by atoms with Crippen molar-refractivity contribution in [3.63, 3.8) is 0 Å². The minimum Gasteiger partial charge on any atom is -0.387 e. The molecule has 1 atom stereocenters.